The molecule has 1 aliphatic heterocycles. The van der Waals surface area contributed by atoms with E-state index in [2.05, 4.69) is 0 Å². The molecule has 0 bridgehead atoms. The molecule has 4 heteroatoms. The molecular formula is C17H29NO3. The van der Waals surface area contributed by atoms with Crippen LogP contribution in [0.1, 0.15) is 65.2 Å². The summed E-state index contributed by atoms with van der Waals surface area (Å²) >= 11 is 0. The summed E-state index contributed by atoms with van der Waals surface area (Å²) in [5.74, 6) is -0.278. The maximum Gasteiger partial charge on any atom is 0.308 e. The van der Waals surface area contributed by atoms with Crippen LogP contribution in [0.15, 0.2) is 0 Å². The first-order chi connectivity index (χ1) is 10.0. The van der Waals surface area contributed by atoms with Crippen LogP contribution in [-0.4, -0.2) is 34.5 Å². The SMILES string of the molecule is CC(CC1CCCCC1)C(=O)N1CCC[C@H](C(=O)O)[C@@H]1C. The molecule has 1 amide bonds. The van der Waals surface area contributed by atoms with Gasteiger partial charge in [0.15, 0.2) is 0 Å². The van der Waals surface area contributed by atoms with E-state index in [0.29, 0.717) is 12.3 Å². The quantitative estimate of drug-likeness (QED) is 0.865. The zero-order chi connectivity index (χ0) is 15.4. The van der Waals surface area contributed by atoms with Gasteiger partial charge >= 0.3 is 5.97 Å². The van der Waals surface area contributed by atoms with E-state index in [1.54, 1.807) is 0 Å². The second-order valence-corrected chi connectivity index (χ2v) is 7.00. The molecule has 21 heavy (non-hydrogen) atoms. The van der Waals surface area contributed by atoms with Crippen LogP contribution in [0.25, 0.3) is 0 Å². The van der Waals surface area contributed by atoms with Gasteiger partial charge in [0.25, 0.3) is 0 Å². The highest BCUT2D eigenvalue weighted by Crippen LogP contribution is 2.31. The van der Waals surface area contributed by atoms with E-state index in [1.807, 2.05) is 18.7 Å². The first-order valence-corrected chi connectivity index (χ1v) is 8.54. The van der Waals surface area contributed by atoms with Gasteiger partial charge < -0.3 is 10.0 Å². The molecule has 0 aromatic carbocycles. The number of carbonyl (C=O) groups is 2. The molecule has 2 aliphatic rings. The summed E-state index contributed by atoms with van der Waals surface area (Å²) in [5, 5.41) is 9.27. The topological polar surface area (TPSA) is 57.6 Å². The molecule has 1 heterocycles. The number of rotatable bonds is 4. The van der Waals surface area contributed by atoms with Crippen molar-refractivity contribution in [3.8, 4) is 0 Å². The highest BCUT2D eigenvalue weighted by Gasteiger charge is 2.37. The van der Waals surface area contributed by atoms with Crippen LogP contribution >= 0.6 is 0 Å². The standard InChI is InChI=1S/C17H29NO3/c1-12(11-14-7-4-3-5-8-14)16(19)18-10-6-9-15(13(18)2)17(20)21/h12-15H,3-11H2,1-2H3,(H,20,21)/t12?,13-,15-/m0/s1. The third kappa shape index (κ3) is 3.98. The first kappa shape index (κ1) is 16.3. The fourth-order valence-electron chi connectivity index (χ4n) is 4.09. The van der Waals surface area contributed by atoms with Crippen LogP contribution < -0.4 is 0 Å². The summed E-state index contributed by atoms with van der Waals surface area (Å²) in [4.78, 5) is 25.8. The van der Waals surface area contributed by atoms with Crippen LogP contribution in [-0.2, 0) is 9.59 Å². The minimum absolute atomic E-state index is 0.0306. The molecule has 2 fully saturated rings. The molecule has 120 valence electrons. The Morgan fingerprint density at radius 1 is 1.14 bits per heavy atom. The van der Waals surface area contributed by atoms with E-state index in [1.165, 1.54) is 32.1 Å². The fourth-order valence-corrected chi connectivity index (χ4v) is 4.09. The van der Waals surface area contributed by atoms with Crippen molar-refractivity contribution < 1.29 is 14.7 Å². The fraction of sp³-hybridized carbons (Fsp3) is 0.882. The molecule has 2 rings (SSSR count). The molecule has 1 saturated carbocycles. The molecule has 0 spiro atoms. The second-order valence-electron chi connectivity index (χ2n) is 7.00. The van der Waals surface area contributed by atoms with Gasteiger partial charge in [-0.25, -0.2) is 0 Å². The minimum atomic E-state index is -0.764. The predicted molar refractivity (Wildman–Crippen MR) is 81.9 cm³/mol. The number of nitrogens with zero attached hydrogens (tertiary/aromatic N) is 1. The van der Waals surface area contributed by atoms with Crippen LogP contribution in [0.5, 0.6) is 0 Å². The summed E-state index contributed by atoms with van der Waals surface area (Å²) in [7, 11) is 0. The van der Waals surface area contributed by atoms with Crippen molar-refractivity contribution in [3.05, 3.63) is 0 Å². The van der Waals surface area contributed by atoms with Gasteiger partial charge in [-0.05, 0) is 32.1 Å². The molecule has 0 aromatic rings. The third-order valence-corrected chi connectivity index (χ3v) is 5.42. The van der Waals surface area contributed by atoms with Crippen molar-refractivity contribution in [2.45, 2.75) is 71.3 Å². The minimum Gasteiger partial charge on any atom is -0.481 e. The van der Waals surface area contributed by atoms with Gasteiger partial charge in [-0.15, -0.1) is 0 Å². The Kier molecular flexibility index (Phi) is 5.65. The van der Waals surface area contributed by atoms with Gasteiger partial charge in [-0.3, -0.25) is 9.59 Å². The lowest BCUT2D eigenvalue weighted by atomic mass is 9.82. The Hall–Kier alpha value is -1.06. The molecule has 1 unspecified atom stereocenters. The number of carbonyl (C=O) groups excluding carboxylic acids is 1. The number of amides is 1. The Balaban J connectivity index is 1.92. The van der Waals surface area contributed by atoms with Gasteiger partial charge in [-0.2, -0.15) is 0 Å². The van der Waals surface area contributed by atoms with E-state index in [9.17, 15) is 14.7 Å². The zero-order valence-corrected chi connectivity index (χ0v) is 13.4. The molecule has 1 N–H and O–H groups in total. The van der Waals surface area contributed by atoms with E-state index in [-0.39, 0.29) is 17.9 Å². The van der Waals surface area contributed by atoms with Crippen LogP contribution in [0.4, 0.5) is 0 Å². The van der Waals surface area contributed by atoms with Gasteiger partial charge in [-0.1, -0.05) is 39.0 Å². The monoisotopic (exact) mass is 295 g/mol. The van der Waals surface area contributed by atoms with Crippen molar-refractivity contribution in [3.63, 3.8) is 0 Å². The maximum absolute atomic E-state index is 12.7. The summed E-state index contributed by atoms with van der Waals surface area (Å²) in [5.41, 5.74) is 0. The maximum atomic E-state index is 12.7. The van der Waals surface area contributed by atoms with Crippen LogP contribution in [0.2, 0.25) is 0 Å². The Morgan fingerprint density at radius 2 is 1.81 bits per heavy atom. The van der Waals surface area contributed by atoms with Crippen molar-refractivity contribution in [2.24, 2.45) is 17.8 Å². The highest BCUT2D eigenvalue weighted by atomic mass is 16.4. The molecule has 1 saturated heterocycles. The lowest BCUT2D eigenvalue weighted by Crippen LogP contribution is -2.50. The smallest absolute Gasteiger partial charge is 0.308 e. The summed E-state index contributed by atoms with van der Waals surface area (Å²) in [6.07, 6.45) is 8.91. The van der Waals surface area contributed by atoms with Crippen LogP contribution in [0, 0.1) is 17.8 Å². The molecule has 3 atom stereocenters. The second kappa shape index (κ2) is 7.28. The average Bonchev–Trinajstić information content (AvgIpc) is 2.47. The number of hydrogen-bond donors (Lipinski definition) is 1. The average molecular weight is 295 g/mol. The summed E-state index contributed by atoms with van der Waals surface area (Å²) < 4.78 is 0. The van der Waals surface area contributed by atoms with Gasteiger partial charge in [0.05, 0.1) is 5.92 Å². The number of hydrogen-bond acceptors (Lipinski definition) is 2. The molecule has 1 aliphatic carbocycles. The Bertz CT molecular complexity index is 376. The van der Waals surface area contributed by atoms with E-state index >= 15 is 0 Å². The molecule has 0 aromatic heterocycles. The van der Waals surface area contributed by atoms with Crippen molar-refractivity contribution in [2.75, 3.05) is 6.54 Å². The highest BCUT2D eigenvalue weighted by molar-refractivity contribution is 5.80. The third-order valence-electron chi connectivity index (χ3n) is 5.42. The molecular weight excluding hydrogens is 266 g/mol. The first-order valence-electron chi connectivity index (χ1n) is 8.54. The zero-order valence-electron chi connectivity index (χ0n) is 13.4. The molecule has 4 nitrogen and oxygen atoms in total. The normalized spacial score (nSPS) is 29.1. The summed E-state index contributed by atoms with van der Waals surface area (Å²) in [6.45, 7) is 4.63. The number of piperidine rings is 1. The van der Waals surface area contributed by atoms with Crippen molar-refractivity contribution >= 4 is 11.9 Å². The van der Waals surface area contributed by atoms with E-state index in [4.69, 9.17) is 0 Å². The number of likely N-dealkylation sites (tertiary alicyclic amines) is 1. The van der Waals surface area contributed by atoms with Crippen molar-refractivity contribution in [1.29, 1.82) is 0 Å². The molecule has 0 radical (unpaired) electrons. The lowest BCUT2D eigenvalue weighted by molar-refractivity contribution is -0.150. The van der Waals surface area contributed by atoms with E-state index < -0.39 is 11.9 Å². The van der Waals surface area contributed by atoms with Gasteiger partial charge in [0.2, 0.25) is 5.91 Å². The van der Waals surface area contributed by atoms with E-state index in [0.717, 1.165) is 19.4 Å². The van der Waals surface area contributed by atoms with Gasteiger partial charge in [0, 0.05) is 18.5 Å². The largest absolute Gasteiger partial charge is 0.481 e. The van der Waals surface area contributed by atoms with Crippen molar-refractivity contribution in [1.82, 2.24) is 4.90 Å². The summed E-state index contributed by atoms with van der Waals surface area (Å²) in [6, 6.07) is -0.169. The number of carboxylic acids is 1. The number of aliphatic carboxylic acids is 1. The Morgan fingerprint density at radius 3 is 2.43 bits per heavy atom. The number of carboxylic acid groups (broad SMARTS) is 1. The lowest BCUT2D eigenvalue weighted by Gasteiger charge is -2.39. The Labute approximate surface area is 127 Å². The van der Waals surface area contributed by atoms with Gasteiger partial charge in [0.1, 0.15) is 0 Å². The van der Waals surface area contributed by atoms with Crippen LogP contribution in [0.3, 0.4) is 0 Å². The predicted octanol–water partition coefficient (Wildman–Crippen LogP) is 3.30.